The number of halogens is 1. The Morgan fingerprint density at radius 3 is 3.05 bits per heavy atom. The minimum absolute atomic E-state index is 0. The number of likely N-dealkylation sites (tertiary alicyclic amines) is 1. The third-order valence-corrected chi connectivity index (χ3v) is 3.54. The number of amides is 1. The summed E-state index contributed by atoms with van der Waals surface area (Å²) in [6.07, 6.45) is 5.77. The Bertz CT molecular complexity index is 399. The molecule has 1 saturated heterocycles. The Morgan fingerprint density at radius 1 is 1.63 bits per heavy atom. The summed E-state index contributed by atoms with van der Waals surface area (Å²) in [5, 5.41) is 3.07. The van der Waals surface area contributed by atoms with E-state index in [0.29, 0.717) is 0 Å². The predicted molar refractivity (Wildman–Crippen MR) is 78.3 cm³/mol. The lowest BCUT2D eigenvalue weighted by molar-refractivity contribution is -0.135. The molecule has 2 rings (SSSR count). The fraction of sp³-hybridized carbons (Fsp3) is 0.571. The summed E-state index contributed by atoms with van der Waals surface area (Å²) >= 11 is 0. The van der Waals surface area contributed by atoms with Crippen molar-refractivity contribution < 1.29 is 4.79 Å². The van der Waals surface area contributed by atoms with Crippen molar-refractivity contribution in [2.75, 3.05) is 20.1 Å². The normalized spacial score (nSPS) is 19.9. The maximum atomic E-state index is 12.4. The number of pyridine rings is 1. The monoisotopic (exact) mass is 283 g/mol. The van der Waals surface area contributed by atoms with E-state index in [9.17, 15) is 4.79 Å². The average molecular weight is 284 g/mol. The minimum Gasteiger partial charge on any atom is -0.335 e. The number of aromatic nitrogens is 1. The molecule has 1 aromatic heterocycles. The Hall–Kier alpha value is -1.13. The molecule has 1 aliphatic rings. The van der Waals surface area contributed by atoms with Gasteiger partial charge in [-0.3, -0.25) is 9.78 Å². The van der Waals surface area contributed by atoms with Gasteiger partial charge in [-0.2, -0.15) is 0 Å². The molecule has 0 aliphatic carbocycles. The van der Waals surface area contributed by atoms with E-state index in [1.54, 1.807) is 6.20 Å². The van der Waals surface area contributed by atoms with Crippen molar-refractivity contribution in [1.29, 1.82) is 0 Å². The molecule has 0 saturated carbocycles. The van der Waals surface area contributed by atoms with Crippen molar-refractivity contribution in [3.63, 3.8) is 0 Å². The first kappa shape index (κ1) is 15.9. The molecule has 1 fully saturated rings. The maximum absolute atomic E-state index is 12.4. The highest BCUT2D eigenvalue weighted by atomic mass is 35.5. The highest BCUT2D eigenvalue weighted by molar-refractivity contribution is 5.85. The molecule has 1 aliphatic heterocycles. The van der Waals surface area contributed by atoms with Crippen LogP contribution in [0.3, 0.4) is 0 Å². The first-order chi connectivity index (χ1) is 8.74. The zero-order valence-corrected chi connectivity index (χ0v) is 12.3. The molecule has 1 aromatic rings. The molecule has 2 atom stereocenters. The SMILES string of the molecule is CNCC(C)C(=O)N1CCCC1c1cccnc1.Cl. The molecule has 0 aromatic carbocycles. The van der Waals surface area contributed by atoms with Crippen molar-refractivity contribution in [2.45, 2.75) is 25.8 Å². The first-order valence-corrected chi connectivity index (χ1v) is 6.59. The smallest absolute Gasteiger partial charge is 0.227 e. The summed E-state index contributed by atoms with van der Waals surface area (Å²) in [5.41, 5.74) is 1.15. The molecule has 0 bridgehead atoms. The van der Waals surface area contributed by atoms with Crippen LogP contribution in [-0.4, -0.2) is 35.9 Å². The summed E-state index contributed by atoms with van der Waals surface area (Å²) in [5.74, 6) is 0.281. The highest BCUT2D eigenvalue weighted by Crippen LogP contribution is 2.32. The van der Waals surface area contributed by atoms with Gasteiger partial charge < -0.3 is 10.2 Å². The molecule has 4 nitrogen and oxygen atoms in total. The van der Waals surface area contributed by atoms with Crippen LogP contribution in [0.1, 0.15) is 31.4 Å². The number of carbonyl (C=O) groups excluding carboxylic acids is 1. The lowest BCUT2D eigenvalue weighted by Crippen LogP contribution is -2.38. The van der Waals surface area contributed by atoms with Gasteiger partial charge in [0.1, 0.15) is 0 Å². The molecule has 2 heterocycles. The zero-order chi connectivity index (χ0) is 13.0. The fourth-order valence-electron chi connectivity index (χ4n) is 2.63. The van der Waals surface area contributed by atoms with Crippen LogP contribution in [0, 0.1) is 5.92 Å². The Balaban J connectivity index is 0.00000180. The van der Waals surface area contributed by atoms with E-state index in [4.69, 9.17) is 0 Å². The second-order valence-corrected chi connectivity index (χ2v) is 4.93. The van der Waals surface area contributed by atoms with Gasteiger partial charge in [0.2, 0.25) is 5.91 Å². The van der Waals surface area contributed by atoms with E-state index in [-0.39, 0.29) is 30.3 Å². The van der Waals surface area contributed by atoms with Crippen LogP contribution >= 0.6 is 12.4 Å². The van der Waals surface area contributed by atoms with E-state index >= 15 is 0 Å². The second kappa shape index (κ2) is 7.46. The van der Waals surface area contributed by atoms with Gasteiger partial charge in [-0.25, -0.2) is 0 Å². The lowest BCUT2D eigenvalue weighted by atomic mass is 10.0. The van der Waals surface area contributed by atoms with Crippen LogP contribution in [-0.2, 0) is 4.79 Å². The van der Waals surface area contributed by atoms with Gasteiger partial charge in [-0.1, -0.05) is 13.0 Å². The number of hydrogen-bond acceptors (Lipinski definition) is 3. The van der Waals surface area contributed by atoms with E-state index in [0.717, 1.165) is 31.5 Å². The molecular weight excluding hydrogens is 262 g/mol. The minimum atomic E-state index is 0. The Labute approximate surface area is 121 Å². The lowest BCUT2D eigenvalue weighted by Gasteiger charge is -2.27. The van der Waals surface area contributed by atoms with Crippen LogP contribution in [0.2, 0.25) is 0 Å². The van der Waals surface area contributed by atoms with E-state index < -0.39 is 0 Å². The Morgan fingerprint density at radius 2 is 2.42 bits per heavy atom. The van der Waals surface area contributed by atoms with E-state index in [1.165, 1.54) is 0 Å². The summed E-state index contributed by atoms with van der Waals surface area (Å²) in [7, 11) is 1.88. The molecule has 19 heavy (non-hydrogen) atoms. The largest absolute Gasteiger partial charge is 0.335 e. The molecule has 1 amide bonds. The molecular formula is C14H22ClN3O. The second-order valence-electron chi connectivity index (χ2n) is 4.93. The standard InChI is InChI=1S/C14H21N3O.ClH/c1-11(9-15-2)14(18)17-8-4-6-13(17)12-5-3-7-16-10-12;/h3,5,7,10-11,13,15H,4,6,8-9H2,1-2H3;1H. The number of nitrogens with one attached hydrogen (secondary N) is 1. The molecule has 2 unspecified atom stereocenters. The number of nitrogens with zero attached hydrogens (tertiary/aromatic N) is 2. The summed E-state index contributed by atoms with van der Waals surface area (Å²) in [4.78, 5) is 18.6. The van der Waals surface area contributed by atoms with E-state index in [2.05, 4.69) is 16.4 Å². The van der Waals surface area contributed by atoms with Crippen molar-refractivity contribution >= 4 is 18.3 Å². The molecule has 0 radical (unpaired) electrons. The van der Waals surface area contributed by atoms with Crippen LogP contribution in [0.25, 0.3) is 0 Å². The van der Waals surface area contributed by atoms with Gasteiger partial charge in [0.05, 0.1) is 6.04 Å². The van der Waals surface area contributed by atoms with Crippen molar-refractivity contribution in [3.05, 3.63) is 30.1 Å². The van der Waals surface area contributed by atoms with Gasteiger partial charge in [0, 0.05) is 31.4 Å². The van der Waals surface area contributed by atoms with E-state index in [1.807, 2.05) is 31.1 Å². The first-order valence-electron chi connectivity index (χ1n) is 6.59. The summed E-state index contributed by atoms with van der Waals surface area (Å²) < 4.78 is 0. The fourth-order valence-corrected chi connectivity index (χ4v) is 2.63. The molecule has 0 spiro atoms. The predicted octanol–water partition coefficient (Wildman–Crippen LogP) is 2.02. The van der Waals surface area contributed by atoms with Gasteiger partial charge in [0.25, 0.3) is 0 Å². The molecule has 5 heteroatoms. The average Bonchev–Trinajstić information content (AvgIpc) is 2.88. The van der Waals surface area contributed by atoms with Crippen LogP contribution in [0.15, 0.2) is 24.5 Å². The van der Waals surface area contributed by atoms with Crippen molar-refractivity contribution in [3.8, 4) is 0 Å². The van der Waals surface area contributed by atoms with Crippen LogP contribution in [0.4, 0.5) is 0 Å². The van der Waals surface area contributed by atoms with Crippen LogP contribution in [0.5, 0.6) is 0 Å². The van der Waals surface area contributed by atoms with Crippen LogP contribution < -0.4 is 5.32 Å². The molecule has 106 valence electrons. The maximum Gasteiger partial charge on any atom is 0.227 e. The molecule has 1 N–H and O–H groups in total. The van der Waals surface area contributed by atoms with Gasteiger partial charge in [-0.15, -0.1) is 12.4 Å². The van der Waals surface area contributed by atoms with Crippen molar-refractivity contribution in [2.24, 2.45) is 5.92 Å². The topological polar surface area (TPSA) is 45.2 Å². The van der Waals surface area contributed by atoms with Gasteiger partial charge >= 0.3 is 0 Å². The highest BCUT2D eigenvalue weighted by Gasteiger charge is 2.32. The summed E-state index contributed by atoms with van der Waals surface area (Å²) in [6.45, 7) is 3.58. The Kier molecular flexibility index (Phi) is 6.25. The van der Waals surface area contributed by atoms with Gasteiger partial charge in [0.15, 0.2) is 0 Å². The quantitative estimate of drug-likeness (QED) is 0.920. The third-order valence-electron chi connectivity index (χ3n) is 3.54. The number of rotatable bonds is 4. The van der Waals surface area contributed by atoms with Gasteiger partial charge in [-0.05, 0) is 31.5 Å². The summed E-state index contributed by atoms with van der Waals surface area (Å²) in [6, 6.07) is 4.21. The zero-order valence-electron chi connectivity index (χ0n) is 11.5. The van der Waals surface area contributed by atoms with Crippen molar-refractivity contribution in [1.82, 2.24) is 15.2 Å². The number of carbonyl (C=O) groups is 1. The number of hydrogen-bond donors (Lipinski definition) is 1. The third kappa shape index (κ3) is 3.67.